The Morgan fingerprint density at radius 3 is 2.61 bits per heavy atom. The van der Waals surface area contributed by atoms with E-state index in [1.807, 2.05) is 0 Å². The fraction of sp³-hybridized carbons (Fsp3) is 0.350. The zero-order valence-corrected chi connectivity index (χ0v) is 15.6. The lowest BCUT2D eigenvalue weighted by atomic mass is 9.38. The number of Topliss-reactive ketones (excluding diaryl/α,β-unsaturated/α-hetero) is 1. The number of amides is 1. The lowest BCUT2D eigenvalue weighted by Gasteiger charge is -2.70. The van der Waals surface area contributed by atoms with Gasteiger partial charge in [-0.05, 0) is 42.9 Å². The highest BCUT2D eigenvalue weighted by molar-refractivity contribution is 6.30. The normalized spacial score (nSPS) is 24.7. The van der Waals surface area contributed by atoms with Crippen molar-refractivity contribution >= 4 is 23.3 Å². The Bertz CT molecular complexity index is 946. The van der Waals surface area contributed by atoms with Gasteiger partial charge in [0.05, 0.1) is 11.2 Å². The number of benzene rings is 1. The summed E-state index contributed by atoms with van der Waals surface area (Å²) in [4.78, 5) is 28.1. The van der Waals surface area contributed by atoms with Crippen molar-refractivity contribution in [1.29, 1.82) is 0 Å². The molecule has 3 aliphatic carbocycles. The summed E-state index contributed by atoms with van der Waals surface area (Å²) in [6.07, 6.45) is 4.85. The van der Waals surface area contributed by atoms with Crippen LogP contribution >= 0.6 is 11.6 Å². The minimum absolute atomic E-state index is 0.0143. The third-order valence-electron chi connectivity index (χ3n) is 5.37. The second-order valence-corrected chi connectivity index (χ2v) is 8.12. The van der Waals surface area contributed by atoms with Crippen LogP contribution in [0.2, 0.25) is 5.02 Å². The molecule has 3 saturated carbocycles. The van der Waals surface area contributed by atoms with E-state index in [0.717, 1.165) is 12.3 Å². The van der Waals surface area contributed by atoms with Gasteiger partial charge in [0.25, 0.3) is 5.91 Å². The predicted molar refractivity (Wildman–Crippen MR) is 97.2 cm³/mol. The molecule has 8 heteroatoms. The highest BCUT2D eigenvalue weighted by Crippen LogP contribution is 2.69. The number of ether oxygens (including phenoxy) is 1. The second kappa shape index (κ2) is 6.81. The van der Waals surface area contributed by atoms with Crippen LogP contribution in [0.15, 0.2) is 36.7 Å². The summed E-state index contributed by atoms with van der Waals surface area (Å²) in [5.41, 5.74) is -0.158. The number of aromatic nitrogens is 1. The Kier molecular flexibility index (Phi) is 4.57. The molecule has 0 spiro atoms. The number of hydrogen-bond donors (Lipinski definition) is 1. The standard InChI is InChI=1S/C20H17ClF2N2O3/c21-15-2-1-14(4-16(15)23)28-8-18(27)25-20-9-19(10-20,11-20)5-17(26)12-3-13(22)7-24-6-12/h1-4,6-7H,5,8-11H2,(H,25,27). The van der Waals surface area contributed by atoms with Gasteiger partial charge >= 0.3 is 0 Å². The van der Waals surface area contributed by atoms with Gasteiger partial charge in [0.2, 0.25) is 0 Å². The van der Waals surface area contributed by atoms with Crippen LogP contribution in [-0.2, 0) is 4.79 Å². The summed E-state index contributed by atoms with van der Waals surface area (Å²) < 4.78 is 31.9. The van der Waals surface area contributed by atoms with Crippen LogP contribution in [0.1, 0.15) is 36.0 Å². The molecule has 2 bridgehead atoms. The van der Waals surface area contributed by atoms with Crippen molar-refractivity contribution in [2.24, 2.45) is 5.41 Å². The number of pyridine rings is 1. The van der Waals surface area contributed by atoms with Gasteiger partial charge in [-0.1, -0.05) is 11.6 Å². The fourth-order valence-corrected chi connectivity index (χ4v) is 4.49. The lowest BCUT2D eigenvalue weighted by molar-refractivity contribution is -0.164. The van der Waals surface area contributed by atoms with Crippen molar-refractivity contribution in [2.75, 3.05) is 6.61 Å². The molecule has 146 valence electrons. The van der Waals surface area contributed by atoms with Gasteiger partial charge in [-0.2, -0.15) is 0 Å². The summed E-state index contributed by atoms with van der Waals surface area (Å²) in [5.74, 6) is -1.36. The van der Waals surface area contributed by atoms with E-state index >= 15 is 0 Å². The molecule has 0 unspecified atom stereocenters. The van der Waals surface area contributed by atoms with E-state index in [1.54, 1.807) is 0 Å². The molecule has 5 nitrogen and oxygen atoms in total. The molecule has 1 aromatic carbocycles. The molecule has 3 fully saturated rings. The van der Waals surface area contributed by atoms with Gasteiger partial charge in [0.15, 0.2) is 12.4 Å². The largest absolute Gasteiger partial charge is 0.484 e. The van der Waals surface area contributed by atoms with E-state index in [4.69, 9.17) is 16.3 Å². The van der Waals surface area contributed by atoms with Crippen molar-refractivity contribution in [3.05, 3.63) is 58.9 Å². The van der Waals surface area contributed by atoms with E-state index in [1.165, 1.54) is 24.4 Å². The Balaban J connectivity index is 1.24. The molecule has 1 N–H and O–H groups in total. The topological polar surface area (TPSA) is 68.3 Å². The minimum Gasteiger partial charge on any atom is -0.484 e. The van der Waals surface area contributed by atoms with E-state index in [-0.39, 0.29) is 45.6 Å². The summed E-state index contributed by atoms with van der Waals surface area (Å²) in [6.45, 7) is -0.232. The number of ketones is 1. The first-order valence-corrected chi connectivity index (χ1v) is 9.19. The van der Waals surface area contributed by atoms with Gasteiger partial charge in [0, 0.05) is 29.8 Å². The molecule has 2 aromatic rings. The highest BCUT2D eigenvalue weighted by Gasteiger charge is 2.68. The fourth-order valence-electron chi connectivity index (χ4n) is 4.37. The molecule has 3 aliphatic rings. The van der Waals surface area contributed by atoms with Crippen LogP contribution in [-0.4, -0.2) is 28.8 Å². The van der Waals surface area contributed by atoms with Crippen LogP contribution in [0.3, 0.4) is 0 Å². The third kappa shape index (κ3) is 3.58. The summed E-state index contributed by atoms with van der Waals surface area (Å²) in [7, 11) is 0. The zero-order chi connectivity index (χ0) is 19.9. The van der Waals surface area contributed by atoms with Crippen molar-refractivity contribution in [2.45, 2.75) is 31.2 Å². The number of carbonyl (C=O) groups excluding carboxylic acids is 2. The molecule has 1 aromatic heterocycles. The first-order chi connectivity index (χ1) is 13.3. The maximum atomic E-state index is 13.4. The van der Waals surface area contributed by atoms with Gasteiger partial charge in [-0.25, -0.2) is 8.78 Å². The zero-order valence-electron chi connectivity index (χ0n) is 14.8. The number of hydrogen-bond acceptors (Lipinski definition) is 4. The Labute approximate surface area is 165 Å². The van der Waals surface area contributed by atoms with Crippen molar-refractivity contribution in [3.8, 4) is 5.75 Å². The summed E-state index contributed by atoms with van der Waals surface area (Å²) in [6, 6.07) is 5.16. The van der Waals surface area contributed by atoms with E-state index in [0.29, 0.717) is 25.7 Å². The molecule has 5 rings (SSSR count). The van der Waals surface area contributed by atoms with E-state index in [2.05, 4.69) is 10.3 Å². The Morgan fingerprint density at radius 1 is 1.18 bits per heavy atom. The number of halogens is 3. The molecule has 0 atom stereocenters. The quantitative estimate of drug-likeness (QED) is 0.712. The first-order valence-electron chi connectivity index (χ1n) is 8.81. The average Bonchev–Trinajstić information content (AvgIpc) is 2.59. The molecule has 0 saturated heterocycles. The predicted octanol–water partition coefficient (Wildman–Crippen LogP) is 3.70. The number of nitrogens with zero attached hydrogens (tertiary/aromatic N) is 1. The van der Waals surface area contributed by atoms with Crippen LogP contribution in [0.5, 0.6) is 5.75 Å². The first kappa shape index (κ1) is 18.8. The maximum Gasteiger partial charge on any atom is 0.258 e. The molecule has 1 amide bonds. The third-order valence-corrected chi connectivity index (χ3v) is 5.67. The molecular formula is C20H17ClF2N2O3. The number of carbonyl (C=O) groups is 2. The van der Waals surface area contributed by atoms with Crippen molar-refractivity contribution in [3.63, 3.8) is 0 Å². The van der Waals surface area contributed by atoms with Crippen LogP contribution in [0.4, 0.5) is 8.78 Å². The average molecular weight is 407 g/mol. The van der Waals surface area contributed by atoms with Crippen LogP contribution in [0, 0.1) is 17.0 Å². The van der Waals surface area contributed by atoms with Crippen molar-refractivity contribution in [1.82, 2.24) is 10.3 Å². The maximum absolute atomic E-state index is 13.4. The molecule has 0 aliphatic heterocycles. The second-order valence-electron chi connectivity index (χ2n) is 7.72. The van der Waals surface area contributed by atoms with E-state index < -0.39 is 11.6 Å². The van der Waals surface area contributed by atoms with Crippen molar-refractivity contribution < 1.29 is 23.1 Å². The molecule has 1 heterocycles. The van der Waals surface area contributed by atoms with Crippen LogP contribution in [0.25, 0.3) is 0 Å². The minimum atomic E-state index is -0.612. The molecular weight excluding hydrogens is 390 g/mol. The lowest BCUT2D eigenvalue weighted by Crippen LogP contribution is -2.75. The van der Waals surface area contributed by atoms with Gasteiger partial charge in [0.1, 0.15) is 17.4 Å². The highest BCUT2D eigenvalue weighted by atomic mass is 35.5. The Morgan fingerprint density at radius 2 is 1.93 bits per heavy atom. The number of rotatable bonds is 7. The summed E-state index contributed by atoms with van der Waals surface area (Å²) >= 11 is 5.60. The van der Waals surface area contributed by atoms with Gasteiger partial charge in [-0.3, -0.25) is 14.6 Å². The van der Waals surface area contributed by atoms with Crippen LogP contribution < -0.4 is 10.1 Å². The number of nitrogens with one attached hydrogen (secondary N) is 1. The molecule has 0 radical (unpaired) electrons. The Hall–Kier alpha value is -2.54. The van der Waals surface area contributed by atoms with Gasteiger partial charge < -0.3 is 10.1 Å². The SMILES string of the molecule is O=C(COc1ccc(Cl)c(F)c1)NC12CC(CC(=O)c3cncc(F)c3)(C1)C2. The summed E-state index contributed by atoms with van der Waals surface area (Å²) in [5, 5.41) is 2.92. The smallest absolute Gasteiger partial charge is 0.258 e. The monoisotopic (exact) mass is 406 g/mol. The molecule has 28 heavy (non-hydrogen) atoms. The van der Waals surface area contributed by atoms with E-state index in [9.17, 15) is 18.4 Å². The van der Waals surface area contributed by atoms with Gasteiger partial charge in [-0.15, -0.1) is 0 Å².